The molecule has 1 atom stereocenters. The molecule has 9 aromatic carbocycles. The third kappa shape index (κ3) is 7.17. The van der Waals surface area contributed by atoms with Gasteiger partial charge in [0.15, 0.2) is 11.6 Å². The Kier molecular flexibility index (Phi) is 10.6. The number of thioether (sulfide) groups is 1. The van der Waals surface area contributed by atoms with E-state index in [1.807, 2.05) is 48.2 Å². The first-order chi connectivity index (χ1) is 35.2. The van der Waals surface area contributed by atoms with Gasteiger partial charge in [-0.15, -0.1) is 11.8 Å². The zero-order valence-corrected chi connectivity index (χ0v) is 41.9. The molecule has 3 heterocycles. The number of nitrogens with zero attached hydrogens (tertiary/aromatic N) is 4. The van der Waals surface area contributed by atoms with Crippen LogP contribution in [0.5, 0.6) is 0 Å². The topological polar surface area (TPSA) is 43.6 Å². The van der Waals surface area contributed by atoms with Crippen molar-refractivity contribution in [1.29, 1.82) is 0 Å². The Morgan fingerprint density at radius 3 is 1.58 bits per heavy atom. The minimum absolute atomic E-state index is 0.252. The molecule has 5 heteroatoms. The maximum Gasteiger partial charge on any atom is 0.238 e. The third-order valence-corrected chi connectivity index (χ3v) is 16.8. The molecule has 72 heavy (non-hydrogen) atoms. The fourth-order valence-corrected chi connectivity index (χ4v) is 13.2. The summed E-state index contributed by atoms with van der Waals surface area (Å²) >= 11 is 2.00. The maximum absolute atomic E-state index is 5.22. The lowest BCUT2D eigenvalue weighted by atomic mass is 9.80. The van der Waals surface area contributed by atoms with E-state index in [-0.39, 0.29) is 5.41 Å². The monoisotopic (exact) mass is 944 g/mol. The van der Waals surface area contributed by atoms with Crippen molar-refractivity contribution in [3.63, 3.8) is 0 Å². The molecule has 0 fully saturated rings. The van der Waals surface area contributed by atoms with Crippen LogP contribution in [-0.4, -0.2) is 19.5 Å². The molecule has 2 aliphatic rings. The number of aromatic nitrogens is 4. The van der Waals surface area contributed by atoms with Gasteiger partial charge in [-0.2, -0.15) is 9.97 Å². The molecule has 0 amide bonds. The standard InChI is InChI=1S/C67H52N4S/c1-41-61(44-21-10-6-11-22-44)42(2)63(43(3)62(41)45-23-12-7-13-24-45)50-30-20-29-48(37-50)59-35-36-60(72-59)49-33-34-51-53-39-54-52-31-18-19-32-57(52)71(58(54)40-56(53)67(4,5)55(51)38-49)66-69-64(46-25-14-8-15-26-46)68-65(70-66)47-27-16-9-17-28-47/h6-34,36-40,59H,35H2,1-5H3. The minimum atomic E-state index is -0.252. The number of fused-ring (bicyclic) bond motifs is 6. The van der Waals surface area contributed by atoms with E-state index in [0.29, 0.717) is 22.8 Å². The molecule has 11 aromatic rings. The summed E-state index contributed by atoms with van der Waals surface area (Å²) in [6.07, 6.45) is 3.45. The Labute approximate surface area is 425 Å². The Hall–Kier alpha value is -8.12. The number of benzene rings is 9. The van der Waals surface area contributed by atoms with Gasteiger partial charge in [-0.25, -0.2) is 4.98 Å². The highest BCUT2D eigenvalue weighted by molar-refractivity contribution is 8.08. The summed E-state index contributed by atoms with van der Waals surface area (Å²) in [7, 11) is 0. The fourth-order valence-electron chi connectivity index (χ4n) is 11.9. The Morgan fingerprint density at radius 2 is 0.972 bits per heavy atom. The number of para-hydroxylation sites is 1. The molecule has 346 valence electrons. The van der Waals surface area contributed by atoms with Crippen LogP contribution in [0.15, 0.2) is 206 Å². The van der Waals surface area contributed by atoms with Gasteiger partial charge in [0.2, 0.25) is 5.95 Å². The normalized spacial score (nSPS) is 14.7. The molecule has 0 saturated heterocycles. The summed E-state index contributed by atoms with van der Waals surface area (Å²) in [6, 6.07) is 72.3. The predicted molar refractivity (Wildman–Crippen MR) is 302 cm³/mol. The van der Waals surface area contributed by atoms with Gasteiger partial charge in [-0.05, 0) is 141 Å². The van der Waals surface area contributed by atoms with Gasteiger partial charge in [0, 0.05) is 37.5 Å². The van der Waals surface area contributed by atoms with Gasteiger partial charge in [-0.3, -0.25) is 4.57 Å². The van der Waals surface area contributed by atoms with Gasteiger partial charge in [0.25, 0.3) is 0 Å². The first-order valence-electron chi connectivity index (χ1n) is 25.0. The smallest absolute Gasteiger partial charge is 0.238 e. The van der Waals surface area contributed by atoms with Gasteiger partial charge in [0.05, 0.1) is 11.0 Å². The molecular formula is C67H52N4S. The van der Waals surface area contributed by atoms with Crippen LogP contribution in [0.2, 0.25) is 0 Å². The largest absolute Gasteiger partial charge is 0.278 e. The summed E-state index contributed by atoms with van der Waals surface area (Å²) in [5.74, 6) is 1.90. The molecule has 0 radical (unpaired) electrons. The molecule has 0 bridgehead atoms. The van der Waals surface area contributed by atoms with Crippen molar-refractivity contribution in [2.75, 3.05) is 0 Å². The Morgan fingerprint density at radius 1 is 0.444 bits per heavy atom. The highest BCUT2D eigenvalue weighted by Crippen LogP contribution is 2.55. The summed E-state index contributed by atoms with van der Waals surface area (Å²) in [4.78, 5) is 16.8. The predicted octanol–water partition coefficient (Wildman–Crippen LogP) is 17.8. The summed E-state index contributed by atoms with van der Waals surface area (Å²) in [6.45, 7) is 11.7. The number of rotatable bonds is 8. The first kappa shape index (κ1) is 43.9. The highest BCUT2D eigenvalue weighted by atomic mass is 32.2. The third-order valence-electron chi connectivity index (χ3n) is 15.3. The van der Waals surface area contributed by atoms with Crippen molar-refractivity contribution < 1.29 is 0 Å². The Bertz CT molecular complexity index is 3840. The quantitative estimate of drug-likeness (QED) is 0.152. The molecule has 0 saturated carbocycles. The second kappa shape index (κ2) is 17.3. The molecule has 0 spiro atoms. The summed E-state index contributed by atoms with van der Waals surface area (Å²) in [5, 5.41) is 2.67. The zero-order valence-electron chi connectivity index (χ0n) is 41.1. The van der Waals surface area contributed by atoms with E-state index in [9.17, 15) is 0 Å². The molecule has 1 unspecified atom stereocenters. The minimum Gasteiger partial charge on any atom is -0.278 e. The summed E-state index contributed by atoms with van der Waals surface area (Å²) in [5.41, 5.74) is 23.5. The van der Waals surface area contributed by atoms with Crippen LogP contribution in [0.4, 0.5) is 0 Å². The molecule has 2 aromatic heterocycles. The number of allylic oxidation sites excluding steroid dienone is 1. The van der Waals surface area contributed by atoms with Gasteiger partial charge < -0.3 is 0 Å². The lowest BCUT2D eigenvalue weighted by Crippen LogP contribution is -2.15. The van der Waals surface area contributed by atoms with Crippen LogP contribution in [-0.2, 0) is 5.41 Å². The van der Waals surface area contributed by atoms with E-state index >= 15 is 0 Å². The van der Waals surface area contributed by atoms with E-state index in [4.69, 9.17) is 15.0 Å². The first-order valence-corrected chi connectivity index (χ1v) is 25.9. The lowest BCUT2D eigenvalue weighted by molar-refractivity contribution is 0.660. The fraction of sp³-hybridized carbons (Fsp3) is 0.119. The Balaban J connectivity index is 0.854. The van der Waals surface area contributed by atoms with Gasteiger partial charge >= 0.3 is 0 Å². The van der Waals surface area contributed by atoms with Crippen molar-refractivity contribution in [3.05, 3.63) is 245 Å². The SMILES string of the molecule is Cc1c(-c2ccccc2)c(C)c(-c2cccc(C3CC=C(c4ccc5c(c4)C(C)(C)c4cc6c(cc4-5)c4ccccc4n6-c4nc(-c5ccccc5)nc(-c5ccccc5)n4)S3)c2)c(C)c1-c1ccccc1. The van der Waals surface area contributed by atoms with E-state index in [1.54, 1.807) is 0 Å². The van der Waals surface area contributed by atoms with Gasteiger partial charge in [0.1, 0.15) is 0 Å². The summed E-state index contributed by atoms with van der Waals surface area (Å²) < 4.78 is 2.25. The lowest BCUT2D eigenvalue weighted by Gasteiger charge is -2.24. The van der Waals surface area contributed by atoms with Crippen molar-refractivity contribution in [3.8, 4) is 73.2 Å². The zero-order chi connectivity index (χ0) is 48.7. The van der Waals surface area contributed by atoms with Crippen LogP contribution >= 0.6 is 11.8 Å². The van der Waals surface area contributed by atoms with Crippen molar-refractivity contribution >= 4 is 38.5 Å². The highest BCUT2D eigenvalue weighted by Gasteiger charge is 2.37. The van der Waals surface area contributed by atoms with E-state index < -0.39 is 0 Å². The average Bonchev–Trinajstić information content (AvgIpc) is 4.11. The molecule has 13 rings (SSSR count). The van der Waals surface area contributed by atoms with Gasteiger partial charge in [-0.1, -0.05) is 190 Å². The maximum atomic E-state index is 5.22. The van der Waals surface area contributed by atoms with Crippen LogP contribution in [0.3, 0.4) is 0 Å². The molecule has 0 N–H and O–H groups in total. The average molecular weight is 945 g/mol. The van der Waals surface area contributed by atoms with Crippen molar-refractivity contribution in [2.45, 2.75) is 51.7 Å². The van der Waals surface area contributed by atoms with Crippen molar-refractivity contribution in [1.82, 2.24) is 19.5 Å². The van der Waals surface area contributed by atoms with E-state index in [0.717, 1.165) is 28.6 Å². The van der Waals surface area contributed by atoms with Crippen LogP contribution in [0.1, 0.15) is 64.5 Å². The number of hydrogen-bond acceptors (Lipinski definition) is 4. The van der Waals surface area contributed by atoms with E-state index in [1.165, 1.54) is 99.1 Å². The molecular weight excluding hydrogens is 893 g/mol. The van der Waals surface area contributed by atoms with Crippen LogP contribution in [0.25, 0.3) is 99.9 Å². The number of hydrogen-bond donors (Lipinski definition) is 0. The molecule has 1 aliphatic heterocycles. The second-order valence-electron chi connectivity index (χ2n) is 19.9. The van der Waals surface area contributed by atoms with Crippen molar-refractivity contribution in [2.24, 2.45) is 0 Å². The van der Waals surface area contributed by atoms with E-state index in [2.05, 4.69) is 209 Å². The van der Waals surface area contributed by atoms with Crippen LogP contribution in [0, 0.1) is 20.8 Å². The van der Waals surface area contributed by atoms with Crippen LogP contribution < -0.4 is 0 Å². The molecule has 1 aliphatic carbocycles. The second-order valence-corrected chi connectivity index (χ2v) is 21.2. The molecule has 4 nitrogen and oxygen atoms in total.